The summed E-state index contributed by atoms with van der Waals surface area (Å²) >= 11 is 0. The molecular formula is C21H24N2O5. The second kappa shape index (κ2) is 9.12. The molecule has 148 valence electrons. The van der Waals surface area contributed by atoms with Gasteiger partial charge >= 0.3 is 0 Å². The molecule has 0 aliphatic carbocycles. The first kappa shape index (κ1) is 19.5. The number of fused-ring (bicyclic) bond motifs is 1. The number of hydrogen-bond acceptors (Lipinski definition) is 5. The topological polar surface area (TPSA) is 77.1 Å². The van der Waals surface area contributed by atoms with Gasteiger partial charge in [0, 0.05) is 18.3 Å². The highest BCUT2D eigenvalue weighted by Crippen LogP contribution is 2.32. The fraction of sp³-hybridized carbons (Fsp3) is 0.333. The van der Waals surface area contributed by atoms with E-state index in [1.54, 1.807) is 24.3 Å². The summed E-state index contributed by atoms with van der Waals surface area (Å²) in [6, 6.07) is 12.7. The lowest BCUT2D eigenvalue weighted by Gasteiger charge is -2.21. The van der Waals surface area contributed by atoms with E-state index in [9.17, 15) is 9.59 Å². The molecule has 2 amide bonds. The van der Waals surface area contributed by atoms with Crippen molar-refractivity contribution in [1.82, 2.24) is 4.90 Å². The van der Waals surface area contributed by atoms with E-state index < -0.39 is 0 Å². The summed E-state index contributed by atoms with van der Waals surface area (Å²) in [5, 5.41) is 2.78. The number of amides is 2. The largest absolute Gasteiger partial charge is 0.486 e. The van der Waals surface area contributed by atoms with E-state index in [2.05, 4.69) is 5.32 Å². The molecule has 7 nitrogen and oxygen atoms in total. The van der Waals surface area contributed by atoms with E-state index >= 15 is 0 Å². The molecule has 0 bridgehead atoms. The number of ether oxygens (including phenoxy) is 3. The molecule has 1 aliphatic heterocycles. The van der Waals surface area contributed by atoms with Gasteiger partial charge in [-0.15, -0.1) is 0 Å². The van der Waals surface area contributed by atoms with Crippen molar-refractivity contribution < 1.29 is 23.8 Å². The second-order valence-corrected chi connectivity index (χ2v) is 6.42. The predicted octanol–water partition coefficient (Wildman–Crippen LogP) is 2.63. The van der Waals surface area contributed by atoms with Gasteiger partial charge in [0.15, 0.2) is 18.1 Å². The Labute approximate surface area is 164 Å². The van der Waals surface area contributed by atoms with Crippen LogP contribution >= 0.6 is 0 Å². The van der Waals surface area contributed by atoms with Gasteiger partial charge in [-0.25, -0.2) is 0 Å². The van der Waals surface area contributed by atoms with Gasteiger partial charge in [0.1, 0.15) is 19.0 Å². The van der Waals surface area contributed by atoms with Crippen LogP contribution in [0.15, 0.2) is 42.5 Å². The number of likely N-dealkylation sites (N-methyl/N-ethyl adjacent to an activating group) is 1. The van der Waals surface area contributed by atoms with E-state index in [1.807, 2.05) is 32.0 Å². The highest BCUT2D eigenvalue weighted by Gasteiger charge is 2.17. The third kappa shape index (κ3) is 5.16. The van der Waals surface area contributed by atoms with E-state index in [0.29, 0.717) is 42.7 Å². The van der Waals surface area contributed by atoms with Gasteiger partial charge in [-0.2, -0.15) is 0 Å². The molecular weight excluding hydrogens is 360 g/mol. The number of rotatable bonds is 7. The van der Waals surface area contributed by atoms with Crippen molar-refractivity contribution in [3.63, 3.8) is 0 Å². The number of carbonyl (C=O) groups excluding carboxylic acids is 2. The minimum absolute atomic E-state index is 0.0546. The summed E-state index contributed by atoms with van der Waals surface area (Å²) in [5.74, 6) is 1.34. The van der Waals surface area contributed by atoms with Crippen LogP contribution in [0.4, 0.5) is 5.69 Å². The van der Waals surface area contributed by atoms with Crippen LogP contribution in [-0.4, -0.2) is 49.6 Å². The van der Waals surface area contributed by atoms with Crippen molar-refractivity contribution in [1.29, 1.82) is 0 Å². The summed E-state index contributed by atoms with van der Waals surface area (Å²) in [7, 11) is 0. The Hall–Kier alpha value is -3.22. The third-order valence-corrected chi connectivity index (χ3v) is 4.25. The van der Waals surface area contributed by atoms with E-state index in [1.165, 1.54) is 4.90 Å². The van der Waals surface area contributed by atoms with Crippen molar-refractivity contribution in [3.05, 3.63) is 48.0 Å². The molecule has 0 fully saturated rings. The maximum Gasteiger partial charge on any atom is 0.260 e. The molecule has 0 aromatic heterocycles. The Kier molecular flexibility index (Phi) is 6.37. The van der Waals surface area contributed by atoms with Crippen molar-refractivity contribution in [3.8, 4) is 17.2 Å². The molecule has 2 aromatic rings. The Balaban J connectivity index is 1.53. The first-order chi connectivity index (χ1) is 13.5. The monoisotopic (exact) mass is 384 g/mol. The molecule has 0 unspecified atom stereocenters. The second-order valence-electron chi connectivity index (χ2n) is 6.42. The van der Waals surface area contributed by atoms with Gasteiger partial charge < -0.3 is 24.4 Å². The Morgan fingerprint density at radius 1 is 1.11 bits per heavy atom. The zero-order chi connectivity index (χ0) is 19.9. The molecule has 1 N–H and O–H groups in total. The van der Waals surface area contributed by atoms with Gasteiger partial charge in [0.25, 0.3) is 5.91 Å². The lowest BCUT2D eigenvalue weighted by atomic mass is 10.2. The summed E-state index contributed by atoms with van der Waals surface area (Å²) in [6.07, 6.45) is 0. The molecule has 0 radical (unpaired) electrons. The maximum atomic E-state index is 12.4. The Morgan fingerprint density at radius 2 is 1.89 bits per heavy atom. The first-order valence-electron chi connectivity index (χ1n) is 9.22. The van der Waals surface area contributed by atoms with E-state index in [4.69, 9.17) is 14.2 Å². The van der Waals surface area contributed by atoms with Gasteiger partial charge in [-0.3, -0.25) is 9.59 Å². The molecule has 0 spiro atoms. The zero-order valence-electron chi connectivity index (χ0n) is 16.1. The summed E-state index contributed by atoms with van der Waals surface area (Å²) < 4.78 is 16.5. The summed E-state index contributed by atoms with van der Waals surface area (Å²) in [5.41, 5.74) is 1.64. The fourth-order valence-corrected chi connectivity index (χ4v) is 2.81. The molecule has 3 rings (SSSR count). The van der Waals surface area contributed by atoms with Gasteiger partial charge in [0.2, 0.25) is 5.91 Å². The molecule has 2 aromatic carbocycles. The van der Waals surface area contributed by atoms with Gasteiger partial charge in [-0.1, -0.05) is 12.1 Å². The Morgan fingerprint density at radius 3 is 2.64 bits per heavy atom. The van der Waals surface area contributed by atoms with Crippen molar-refractivity contribution in [2.75, 3.05) is 38.2 Å². The molecule has 1 aliphatic rings. The van der Waals surface area contributed by atoms with Crippen molar-refractivity contribution in [2.24, 2.45) is 0 Å². The Bertz CT molecular complexity index is 852. The molecule has 0 atom stereocenters. The first-order valence-corrected chi connectivity index (χ1v) is 9.22. The fourth-order valence-electron chi connectivity index (χ4n) is 2.81. The van der Waals surface area contributed by atoms with Crippen LogP contribution in [0.5, 0.6) is 17.2 Å². The van der Waals surface area contributed by atoms with Crippen LogP contribution in [0.1, 0.15) is 12.5 Å². The van der Waals surface area contributed by atoms with E-state index in [0.717, 1.165) is 5.56 Å². The lowest BCUT2D eigenvalue weighted by molar-refractivity contribution is -0.136. The maximum absolute atomic E-state index is 12.4. The van der Waals surface area contributed by atoms with Crippen molar-refractivity contribution in [2.45, 2.75) is 13.8 Å². The number of benzene rings is 2. The molecule has 1 heterocycles. The average Bonchev–Trinajstić information content (AvgIpc) is 2.70. The number of nitrogens with zero attached hydrogens (tertiary/aromatic N) is 1. The standard InChI is InChI=1S/C21H24N2O5/c1-3-23(21(25)14-28-17-6-4-5-15(2)11-17)13-20(24)22-16-7-8-18-19(12-16)27-10-9-26-18/h4-8,11-12H,3,9-10,13-14H2,1-2H3,(H,22,24). The minimum atomic E-state index is -0.289. The number of anilines is 1. The lowest BCUT2D eigenvalue weighted by Crippen LogP contribution is -2.40. The van der Waals surface area contributed by atoms with Crippen LogP contribution in [0, 0.1) is 6.92 Å². The SMILES string of the molecule is CCN(CC(=O)Nc1ccc2c(c1)OCCO2)C(=O)COc1cccc(C)c1. The normalized spacial score (nSPS) is 12.2. The van der Waals surface area contributed by atoms with Crippen LogP contribution in [0.3, 0.4) is 0 Å². The minimum Gasteiger partial charge on any atom is -0.486 e. The highest BCUT2D eigenvalue weighted by molar-refractivity contribution is 5.95. The van der Waals surface area contributed by atoms with Crippen LogP contribution < -0.4 is 19.5 Å². The zero-order valence-corrected chi connectivity index (χ0v) is 16.1. The van der Waals surface area contributed by atoms with Crippen LogP contribution in [-0.2, 0) is 9.59 Å². The number of nitrogens with one attached hydrogen (secondary N) is 1. The molecule has 7 heteroatoms. The molecule has 28 heavy (non-hydrogen) atoms. The van der Waals surface area contributed by atoms with Crippen molar-refractivity contribution >= 4 is 17.5 Å². The smallest absolute Gasteiger partial charge is 0.260 e. The van der Waals surface area contributed by atoms with Gasteiger partial charge in [-0.05, 0) is 43.7 Å². The third-order valence-electron chi connectivity index (χ3n) is 4.25. The number of hydrogen-bond donors (Lipinski definition) is 1. The van der Waals surface area contributed by atoms with E-state index in [-0.39, 0.29) is 25.0 Å². The number of aryl methyl sites for hydroxylation is 1. The predicted molar refractivity (Wildman–Crippen MR) is 105 cm³/mol. The average molecular weight is 384 g/mol. The quantitative estimate of drug-likeness (QED) is 0.794. The van der Waals surface area contributed by atoms with Crippen LogP contribution in [0.25, 0.3) is 0 Å². The summed E-state index contributed by atoms with van der Waals surface area (Å²) in [4.78, 5) is 26.2. The highest BCUT2D eigenvalue weighted by atomic mass is 16.6. The molecule has 0 saturated heterocycles. The summed E-state index contributed by atoms with van der Waals surface area (Å²) in [6.45, 7) is 5.00. The van der Waals surface area contributed by atoms with Crippen LogP contribution in [0.2, 0.25) is 0 Å². The number of carbonyl (C=O) groups is 2. The molecule has 0 saturated carbocycles. The van der Waals surface area contributed by atoms with Gasteiger partial charge in [0.05, 0.1) is 6.54 Å².